The third-order valence-electron chi connectivity index (χ3n) is 7.06. The fraction of sp³-hybridized carbons (Fsp3) is 0.185. The van der Waals surface area contributed by atoms with Crippen LogP contribution in [0.5, 0.6) is 0 Å². The zero-order valence-electron chi connectivity index (χ0n) is 18.1. The van der Waals surface area contributed by atoms with Gasteiger partial charge in [-0.1, -0.05) is 60.1 Å². The number of benzene rings is 3. The molecule has 0 saturated carbocycles. The van der Waals surface area contributed by atoms with Crippen molar-refractivity contribution in [1.29, 1.82) is 0 Å². The maximum absolute atomic E-state index is 13.7. The molecule has 8 heteroatoms. The van der Waals surface area contributed by atoms with Crippen molar-refractivity contribution >= 4 is 35.0 Å². The molecular formula is C27H17ClFNO5. The summed E-state index contributed by atoms with van der Waals surface area (Å²) in [7, 11) is 0. The highest BCUT2D eigenvalue weighted by Gasteiger charge is 2.74. The van der Waals surface area contributed by atoms with Gasteiger partial charge < -0.3 is 4.74 Å². The van der Waals surface area contributed by atoms with Gasteiger partial charge in [0, 0.05) is 16.1 Å². The van der Waals surface area contributed by atoms with E-state index in [1.165, 1.54) is 36.4 Å². The molecule has 0 radical (unpaired) electrons. The smallest absolute Gasteiger partial charge is 0.237 e. The lowest BCUT2D eigenvalue weighted by Crippen LogP contribution is -2.50. The van der Waals surface area contributed by atoms with Gasteiger partial charge in [-0.15, -0.1) is 0 Å². The summed E-state index contributed by atoms with van der Waals surface area (Å²) in [6.45, 7) is -0.107. The lowest BCUT2D eigenvalue weighted by molar-refractivity contribution is -0.145. The Morgan fingerprint density at radius 1 is 0.829 bits per heavy atom. The Kier molecular flexibility index (Phi) is 4.78. The second-order valence-corrected chi connectivity index (χ2v) is 9.36. The quantitative estimate of drug-likeness (QED) is 0.407. The average molecular weight is 490 g/mol. The van der Waals surface area contributed by atoms with Crippen LogP contribution in [0.1, 0.15) is 37.9 Å². The minimum absolute atomic E-state index is 0.107. The highest BCUT2D eigenvalue weighted by molar-refractivity contribution is 6.35. The van der Waals surface area contributed by atoms with Gasteiger partial charge in [0.1, 0.15) is 5.82 Å². The molecule has 2 fully saturated rings. The van der Waals surface area contributed by atoms with Crippen LogP contribution in [-0.4, -0.2) is 33.9 Å². The van der Waals surface area contributed by atoms with Crippen molar-refractivity contribution in [2.45, 2.75) is 18.2 Å². The largest absolute Gasteiger partial charge is 0.349 e. The van der Waals surface area contributed by atoms with Crippen LogP contribution in [0.2, 0.25) is 5.02 Å². The van der Waals surface area contributed by atoms with Crippen molar-refractivity contribution in [3.05, 3.63) is 106 Å². The maximum atomic E-state index is 13.7. The molecule has 3 aliphatic rings. The molecule has 6 nitrogen and oxygen atoms in total. The minimum Gasteiger partial charge on any atom is -0.349 e. The van der Waals surface area contributed by atoms with Crippen molar-refractivity contribution in [3.8, 4) is 0 Å². The molecule has 2 amide bonds. The summed E-state index contributed by atoms with van der Waals surface area (Å²) in [4.78, 5) is 55.8. The maximum Gasteiger partial charge on any atom is 0.237 e. The molecular weight excluding hydrogens is 473 g/mol. The molecule has 2 aliphatic heterocycles. The molecule has 174 valence electrons. The fourth-order valence-corrected chi connectivity index (χ4v) is 5.58. The lowest BCUT2D eigenvalue weighted by Gasteiger charge is -2.27. The average Bonchev–Trinajstić information content (AvgIpc) is 3.42. The number of Topliss-reactive ketones (excluding diaryl/α,β-unsaturated/α-hetero) is 2. The zero-order valence-corrected chi connectivity index (χ0v) is 18.9. The van der Waals surface area contributed by atoms with Gasteiger partial charge in [-0.2, -0.15) is 0 Å². The van der Waals surface area contributed by atoms with Crippen molar-refractivity contribution in [3.63, 3.8) is 0 Å². The number of hydrogen-bond donors (Lipinski definition) is 0. The van der Waals surface area contributed by atoms with Crippen LogP contribution in [0.25, 0.3) is 0 Å². The number of ketones is 2. The van der Waals surface area contributed by atoms with Crippen LogP contribution in [0, 0.1) is 17.7 Å². The highest BCUT2D eigenvalue weighted by atomic mass is 35.5. The van der Waals surface area contributed by atoms with Crippen LogP contribution in [0.4, 0.5) is 4.39 Å². The number of fused-ring (bicyclic) bond motifs is 3. The first-order chi connectivity index (χ1) is 16.8. The van der Waals surface area contributed by atoms with Gasteiger partial charge in [-0.05, 0) is 35.4 Å². The van der Waals surface area contributed by atoms with Crippen molar-refractivity contribution in [2.75, 3.05) is 0 Å². The van der Waals surface area contributed by atoms with Crippen molar-refractivity contribution in [2.24, 2.45) is 11.8 Å². The summed E-state index contributed by atoms with van der Waals surface area (Å²) in [6.07, 6.45) is -1.01. The summed E-state index contributed by atoms with van der Waals surface area (Å²) in [6, 6.07) is 18.3. The second kappa shape index (κ2) is 7.66. The van der Waals surface area contributed by atoms with E-state index in [-0.39, 0.29) is 17.7 Å². The molecule has 1 aliphatic carbocycles. The Morgan fingerprint density at radius 3 is 2.03 bits per heavy atom. The number of carbonyl (C=O) groups excluding carboxylic acids is 4. The van der Waals surface area contributed by atoms with E-state index in [0.717, 1.165) is 4.90 Å². The topological polar surface area (TPSA) is 80.8 Å². The molecule has 0 unspecified atom stereocenters. The van der Waals surface area contributed by atoms with Crippen molar-refractivity contribution < 1.29 is 28.3 Å². The molecule has 0 N–H and O–H groups in total. The van der Waals surface area contributed by atoms with Crippen LogP contribution in [-0.2, 0) is 20.9 Å². The molecule has 2 heterocycles. The molecule has 6 rings (SSSR count). The Morgan fingerprint density at radius 2 is 1.43 bits per heavy atom. The first kappa shape index (κ1) is 21.8. The monoisotopic (exact) mass is 489 g/mol. The number of likely N-dealkylation sites (tertiary alicyclic amines) is 1. The van der Waals surface area contributed by atoms with Gasteiger partial charge in [-0.3, -0.25) is 24.1 Å². The molecule has 3 aromatic rings. The molecule has 35 heavy (non-hydrogen) atoms. The molecule has 2 saturated heterocycles. The standard InChI is InChI=1S/C27H17ClFNO5/c28-16-9-7-15(8-10-16)22-20-21(26(34)30(25(20)33)13-14-5-11-17(29)12-6-14)27(35-22)23(31)18-3-1-2-4-19(18)24(27)32/h1-12,20-22H,13H2/t20-,21+,22+/m1/s1. The number of rotatable bonds is 3. The summed E-state index contributed by atoms with van der Waals surface area (Å²) in [5.41, 5.74) is -0.709. The van der Waals surface area contributed by atoms with Crippen LogP contribution < -0.4 is 0 Å². The summed E-state index contributed by atoms with van der Waals surface area (Å²) < 4.78 is 19.6. The van der Waals surface area contributed by atoms with Gasteiger partial charge >= 0.3 is 0 Å². The molecule has 3 aromatic carbocycles. The number of carbonyl (C=O) groups is 4. The first-order valence-electron chi connectivity index (χ1n) is 11.0. The summed E-state index contributed by atoms with van der Waals surface area (Å²) in [5.74, 6) is -5.27. The van der Waals surface area contributed by atoms with E-state index < -0.39 is 52.7 Å². The number of nitrogens with zero attached hydrogens (tertiary/aromatic N) is 1. The predicted molar refractivity (Wildman–Crippen MR) is 122 cm³/mol. The molecule has 3 atom stereocenters. The van der Waals surface area contributed by atoms with Gasteiger partial charge in [0.15, 0.2) is 0 Å². The van der Waals surface area contributed by atoms with Crippen LogP contribution in [0.15, 0.2) is 72.8 Å². The second-order valence-electron chi connectivity index (χ2n) is 8.92. The number of ether oxygens (including phenoxy) is 1. The Bertz CT molecular complexity index is 1380. The minimum atomic E-state index is -2.12. The first-order valence-corrected chi connectivity index (χ1v) is 11.4. The van der Waals surface area contributed by atoms with E-state index >= 15 is 0 Å². The van der Waals surface area contributed by atoms with Gasteiger partial charge in [0.25, 0.3) is 0 Å². The van der Waals surface area contributed by atoms with Crippen LogP contribution >= 0.6 is 11.6 Å². The van der Waals surface area contributed by atoms with Gasteiger partial charge in [0.05, 0.1) is 24.5 Å². The van der Waals surface area contributed by atoms with E-state index in [2.05, 4.69) is 0 Å². The van der Waals surface area contributed by atoms with E-state index in [4.69, 9.17) is 16.3 Å². The molecule has 0 bridgehead atoms. The number of hydrogen-bond acceptors (Lipinski definition) is 5. The van der Waals surface area contributed by atoms with Gasteiger partial charge in [-0.25, -0.2) is 4.39 Å². The van der Waals surface area contributed by atoms with E-state index in [1.807, 2.05) is 0 Å². The lowest BCUT2D eigenvalue weighted by atomic mass is 9.77. The Balaban J connectivity index is 1.48. The summed E-state index contributed by atoms with van der Waals surface area (Å²) in [5, 5.41) is 0.463. The number of amides is 2. The highest BCUT2D eigenvalue weighted by Crippen LogP contribution is 2.57. The fourth-order valence-electron chi connectivity index (χ4n) is 5.46. The van der Waals surface area contributed by atoms with Crippen molar-refractivity contribution in [1.82, 2.24) is 4.90 Å². The van der Waals surface area contributed by atoms with E-state index in [9.17, 15) is 23.6 Å². The Labute approximate surface area is 204 Å². The Hall–Kier alpha value is -3.68. The third kappa shape index (κ3) is 2.98. The van der Waals surface area contributed by atoms with E-state index in [1.54, 1.807) is 36.4 Å². The number of halogens is 2. The number of imide groups is 1. The normalized spacial score (nSPS) is 24.4. The van der Waals surface area contributed by atoms with Gasteiger partial charge in [0.2, 0.25) is 29.0 Å². The third-order valence-corrected chi connectivity index (χ3v) is 7.31. The van der Waals surface area contributed by atoms with E-state index in [0.29, 0.717) is 16.1 Å². The molecule has 0 aromatic heterocycles. The zero-order chi connectivity index (χ0) is 24.5. The SMILES string of the molecule is O=C1[C@@H]2[C@@H](C(=O)N1Cc1ccc(F)cc1)C1(O[C@H]2c2ccc(Cl)cc2)C(=O)c2ccccc2C1=O. The molecule has 1 spiro atoms. The van der Waals surface area contributed by atoms with Crippen LogP contribution in [0.3, 0.4) is 0 Å². The summed E-state index contributed by atoms with van der Waals surface area (Å²) >= 11 is 6.03. The predicted octanol–water partition coefficient (Wildman–Crippen LogP) is 4.17.